The van der Waals surface area contributed by atoms with E-state index in [4.69, 9.17) is 11.6 Å². The fraction of sp³-hybridized carbons (Fsp3) is 0.222. The molecule has 0 heterocycles. The highest BCUT2D eigenvalue weighted by Gasteiger charge is 2.05. The number of halogens is 2. The van der Waals surface area contributed by atoms with Gasteiger partial charge >= 0.3 is 0 Å². The average Bonchev–Trinajstić information content (AvgIpc) is 2.12. The number of anilines is 1. The highest BCUT2D eigenvalue weighted by atomic mass is 79.9. The van der Waals surface area contributed by atoms with Crippen LogP contribution in [-0.2, 0) is 9.53 Å². The molecule has 0 aliphatic rings. The first-order chi connectivity index (χ1) is 6.63. The van der Waals surface area contributed by atoms with Gasteiger partial charge in [-0.1, -0.05) is 27.5 Å². The fourth-order valence-corrected chi connectivity index (χ4v) is 1.44. The summed E-state index contributed by atoms with van der Waals surface area (Å²) in [5.74, 6) is -0.229. The van der Waals surface area contributed by atoms with Gasteiger partial charge in [-0.15, -0.1) is 0 Å². The molecule has 0 atom stereocenters. The summed E-state index contributed by atoms with van der Waals surface area (Å²) in [5, 5.41) is 3.12. The molecule has 1 aromatic carbocycles. The van der Waals surface area contributed by atoms with Crippen molar-refractivity contribution in [1.29, 1.82) is 0 Å². The topological polar surface area (TPSA) is 38.3 Å². The number of hydrogen-bond donors (Lipinski definition) is 1. The second-order valence-corrected chi connectivity index (χ2v) is 3.93. The summed E-state index contributed by atoms with van der Waals surface area (Å²) in [7, 11) is 1.46. The van der Waals surface area contributed by atoms with Gasteiger partial charge in [0.05, 0.1) is 10.7 Å². The van der Waals surface area contributed by atoms with Crippen molar-refractivity contribution in [3.8, 4) is 0 Å². The number of rotatable bonds is 3. The Morgan fingerprint density at radius 1 is 1.64 bits per heavy atom. The molecule has 0 radical (unpaired) electrons. The van der Waals surface area contributed by atoms with Crippen LogP contribution in [0, 0.1) is 0 Å². The molecule has 0 aliphatic carbocycles. The molecule has 0 aromatic heterocycles. The molecule has 1 aromatic rings. The van der Waals surface area contributed by atoms with Crippen molar-refractivity contribution in [2.45, 2.75) is 0 Å². The van der Waals surface area contributed by atoms with E-state index in [1.807, 2.05) is 0 Å². The van der Waals surface area contributed by atoms with Crippen LogP contribution in [0.4, 0.5) is 5.69 Å². The number of amides is 1. The van der Waals surface area contributed by atoms with Crippen LogP contribution < -0.4 is 5.32 Å². The summed E-state index contributed by atoms with van der Waals surface area (Å²) in [6, 6.07) is 5.23. The van der Waals surface area contributed by atoms with Crippen LogP contribution in [0.1, 0.15) is 0 Å². The van der Waals surface area contributed by atoms with Crippen LogP contribution in [0.5, 0.6) is 0 Å². The third kappa shape index (κ3) is 3.29. The van der Waals surface area contributed by atoms with Gasteiger partial charge in [0.15, 0.2) is 0 Å². The van der Waals surface area contributed by atoms with E-state index in [0.29, 0.717) is 10.7 Å². The number of methoxy groups -OCH3 is 1. The van der Waals surface area contributed by atoms with Gasteiger partial charge in [-0.3, -0.25) is 4.79 Å². The Kier molecular flexibility index (Phi) is 4.38. The molecule has 5 heteroatoms. The van der Waals surface area contributed by atoms with Gasteiger partial charge in [-0.2, -0.15) is 0 Å². The molecule has 1 N–H and O–H groups in total. The zero-order valence-corrected chi connectivity index (χ0v) is 9.85. The van der Waals surface area contributed by atoms with Crippen molar-refractivity contribution in [1.82, 2.24) is 0 Å². The number of nitrogens with one attached hydrogen (secondary N) is 1. The minimum atomic E-state index is -0.229. The van der Waals surface area contributed by atoms with Crippen molar-refractivity contribution in [2.75, 3.05) is 19.0 Å². The number of ether oxygens (including phenoxy) is 1. The molecule has 76 valence electrons. The zero-order valence-electron chi connectivity index (χ0n) is 7.51. The second-order valence-electron chi connectivity index (χ2n) is 2.61. The van der Waals surface area contributed by atoms with Crippen LogP contribution in [0.15, 0.2) is 22.7 Å². The molecule has 0 bridgehead atoms. The maximum atomic E-state index is 11.2. The highest BCUT2D eigenvalue weighted by molar-refractivity contribution is 9.10. The molecule has 0 unspecified atom stereocenters. The van der Waals surface area contributed by atoms with E-state index in [2.05, 4.69) is 26.0 Å². The molecule has 0 saturated carbocycles. The molecule has 1 rings (SSSR count). The van der Waals surface area contributed by atoms with E-state index < -0.39 is 0 Å². The summed E-state index contributed by atoms with van der Waals surface area (Å²) >= 11 is 9.15. The highest BCUT2D eigenvalue weighted by Crippen LogP contribution is 2.25. The Labute approximate surface area is 95.5 Å². The van der Waals surface area contributed by atoms with E-state index in [1.165, 1.54) is 7.11 Å². The predicted octanol–water partition coefficient (Wildman–Crippen LogP) is 2.69. The van der Waals surface area contributed by atoms with Gasteiger partial charge in [0.2, 0.25) is 5.91 Å². The molecule has 0 spiro atoms. The monoisotopic (exact) mass is 277 g/mol. The van der Waals surface area contributed by atoms with Gasteiger partial charge in [-0.05, 0) is 18.2 Å². The van der Waals surface area contributed by atoms with Gasteiger partial charge < -0.3 is 10.1 Å². The molecular weight excluding hydrogens is 269 g/mol. The number of benzene rings is 1. The van der Waals surface area contributed by atoms with Gasteiger partial charge in [0.25, 0.3) is 0 Å². The summed E-state index contributed by atoms with van der Waals surface area (Å²) in [5.41, 5.74) is 0.572. The molecular formula is C9H9BrClNO2. The lowest BCUT2D eigenvalue weighted by atomic mass is 10.3. The fourth-order valence-electron chi connectivity index (χ4n) is 0.911. The standard InChI is InChI=1S/C9H9BrClNO2/c1-14-5-9(13)12-8-4-6(10)2-3-7(8)11/h2-4H,5H2,1H3,(H,12,13). The third-order valence-corrected chi connectivity index (χ3v) is 2.30. The van der Waals surface area contributed by atoms with Crippen molar-refractivity contribution in [3.63, 3.8) is 0 Å². The van der Waals surface area contributed by atoms with E-state index >= 15 is 0 Å². The molecule has 0 saturated heterocycles. The maximum Gasteiger partial charge on any atom is 0.250 e. The van der Waals surface area contributed by atoms with Gasteiger partial charge in [0.1, 0.15) is 6.61 Å². The lowest BCUT2D eigenvalue weighted by Crippen LogP contribution is -2.17. The number of carbonyl (C=O) groups is 1. The zero-order chi connectivity index (χ0) is 10.6. The first kappa shape index (κ1) is 11.5. The van der Waals surface area contributed by atoms with E-state index in [0.717, 1.165) is 4.47 Å². The summed E-state index contributed by atoms with van der Waals surface area (Å²) in [4.78, 5) is 11.2. The molecule has 14 heavy (non-hydrogen) atoms. The Morgan fingerprint density at radius 2 is 2.36 bits per heavy atom. The Morgan fingerprint density at radius 3 is 3.00 bits per heavy atom. The van der Waals surface area contributed by atoms with Crippen molar-refractivity contribution in [2.24, 2.45) is 0 Å². The Hall–Kier alpha value is -0.580. The summed E-state index contributed by atoms with van der Waals surface area (Å²) in [6.45, 7) is 0.0167. The average molecular weight is 279 g/mol. The van der Waals surface area contributed by atoms with Crippen LogP contribution in [0.25, 0.3) is 0 Å². The third-order valence-electron chi connectivity index (χ3n) is 1.48. The van der Waals surface area contributed by atoms with Crippen molar-refractivity contribution < 1.29 is 9.53 Å². The van der Waals surface area contributed by atoms with Gasteiger partial charge in [-0.25, -0.2) is 0 Å². The second kappa shape index (κ2) is 5.34. The molecule has 3 nitrogen and oxygen atoms in total. The smallest absolute Gasteiger partial charge is 0.250 e. The predicted molar refractivity (Wildman–Crippen MR) is 59.7 cm³/mol. The lowest BCUT2D eigenvalue weighted by Gasteiger charge is -2.06. The van der Waals surface area contributed by atoms with Gasteiger partial charge in [0, 0.05) is 11.6 Å². The van der Waals surface area contributed by atoms with Crippen molar-refractivity contribution >= 4 is 39.1 Å². The molecule has 0 aliphatic heterocycles. The van der Waals surface area contributed by atoms with E-state index in [-0.39, 0.29) is 12.5 Å². The number of carbonyl (C=O) groups excluding carboxylic acids is 1. The summed E-state index contributed by atoms with van der Waals surface area (Å²) < 4.78 is 5.54. The molecule has 0 fully saturated rings. The maximum absolute atomic E-state index is 11.2. The van der Waals surface area contributed by atoms with Crippen LogP contribution >= 0.6 is 27.5 Å². The largest absolute Gasteiger partial charge is 0.375 e. The van der Waals surface area contributed by atoms with E-state index in [9.17, 15) is 4.79 Å². The molecule has 1 amide bonds. The van der Waals surface area contributed by atoms with E-state index in [1.54, 1.807) is 18.2 Å². The first-order valence-electron chi connectivity index (χ1n) is 3.87. The lowest BCUT2D eigenvalue weighted by molar-refractivity contribution is -0.119. The summed E-state index contributed by atoms with van der Waals surface area (Å²) in [6.07, 6.45) is 0. The van der Waals surface area contributed by atoms with Crippen LogP contribution in [0.3, 0.4) is 0 Å². The SMILES string of the molecule is COCC(=O)Nc1cc(Br)ccc1Cl. The van der Waals surface area contributed by atoms with Crippen LogP contribution in [0.2, 0.25) is 5.02 Å². The van der Waals surface area contributed by atoms with Crippen molar-refractivity contribution in [3.05, 3.63) is 27.7 Å². The number of hydrogen-bond acceptors (Lipinski definition) is 2. The first-order valence-corrected chi connectivity index (χ1v) is 5.04. The normalized spacial score (nSPS) is 9.93. The minimum Gasteiger partial charge on any atom is -0.375 e. The Balaban J connectivity index is 2.75. The minimum absolute atomic E-state index is 0.0167. The van der Waals surface area contributed by atoms with Crippen LogP contribution in [-0.4, -0.2) is 19.6 Å². The Bertz CT molecular complexity index is 344. The quantitative estimate of drug-likeness (QED) is 0.923.